The number of halogens is 2. The Morgan fingerprint density at radius 3 is 2.42 bits per heavy atom. The molecular weight excluding hydrogens is 473 g/mol. The van der Waals surface area contributed by atoms with Gasteiger partial charge in [0.1, 0.15) is 5.82 Å². The van der Waals surface area contributed by atoms with E-state index in [4.69, 9.17) is 10.5 Å². The zero-order valence-corrected chi connectivity index (χ0v) is 17.3. The predicted octanol–water partition coefficient (Wildman–Crippen LogP) is 4.62. The first kappa shape index (κ1) is 21.9. The van der Waals surface area contributed by atoms with Gasteiger partial charge < -0.3 is 15.8 Å². The topological polar surface area (TPSA) is 125 Å². The highest BCUT2D eigenvalue weighted by atomic mass is 79.9. The lowest BCUT2D eigenvalue weighted by Gasteiger charge is -2.19. The number of benzene rings is 3. The van der Waals surface area contributed by atoms with Crippen molar-refractivity contribution >= 4 is 44.9 Å². The molecule has 0 radical (unpaired) electrons. The van der Waals surface area contributed by atoms with Gasteiger partial charge in [0.05, 0.1) is 16.2 Å². The van der Waals surface area contributed by atoms with Crippen molar-refractivity contribution in [2.75, 3.05) is 11.1 Å². The van der Waals surface area contributed by atoms with E-state index in [1.54, 1.807) is 30.3 Å². The number of carbonyl (C=O) groups excluding carboxylic acids is 2. The number of esters is 1. The minimum atomic E-state index is -1.36. The minimum Gasteiger partial charge on any atom is -0.444 e. The summed E-state index contributed by atoms with van der Waals surface area (Å²) in [7, 11) is 0. The van der Waals surface area contributed by atoms with Gasteiger partial charge in [-0.2, -0.15) is 0 Å². The van der Waals surface area contributed by atoms with Gasteiger partial charge >= 0.3 is 5.97 Å². The number of carbonyl (C=O) groups is 2. The molecule has 3 rings (SSSR count). The van der Waals surface area contributed by atoms with Crippen LogP contribution < -0.4 is 11.1 Å². The second-order valence-electron chi connectivity index (χ2n) is 6.34. The lowest BCUT2D eigenvalue weighted by molar-refractivity contribution is -0.384. The molecule has 158 valence electrons. The van der Waals surface area contributed by atoms with Gasteiger partial charge in [-0.1, -0.05) is 30.3 Å². The molecule has 31 heavy (non-hydrogen) atoms. The van der Waals surface area contributed by atoms with Crippen molar-refractivity contribution in [3.63, 3.8) is 0 Å². The van der Waals surface area contributed by atoms with Gasteiger partial charge in [-0.15, -0.1) is 0 Å². The number of nitro groups is 1. The summed E-state index contributed by atoms with van der Waals surface area (Å²) in [6.07, 6.45) is -1.36. The molecule has 0 saturated heterocycles. The first-order valence-corrected chi connectivity index (χ1v) is 9.61. The normalized spacial score (nSPS) is 11.4. The minimum absolute atomic E-state index is 0.0911. The number of nitro benzene ring substituents is 1. The smallest absolute Gasteiger partial charge is 0.341 e. The van der Waals surface area contributed by atoms with Crippen LogP contribution in [0.2, 0.25) is 0 Å². The Morgan fingerprint density at radius 1 is 1.10 bits per heavy atom. The highest BCUT2D eigenvalue weighted by Gasteiger charge is 2.27. The van der Waals surface area contributed by atoms with Crippen LogP contribution in [-0.2, 0) is 9.53 Å². The maximum Gasteiger partial charge on any atom is 0.341 e. The molecule has 0 aliphatic heterocycles. The first-order chi connectivity index (χ1) is 14.8. The monoisotopic (exact) mass is 487 g/mol. The number of nitrogens with zero attached hydrogens (tertiary/aromatic N) is 1. The average molecular weight is 488 g/mol. The van der Waals surface area contributed by atoms with Crippen LogP contribution >= 0.6 is 15.9 Å². The molecular formula is C21H15BrFN3O5. The van der Waals surface area contributed by atoms with E-state index in [0.717, 1.165) is 12.1 Å². The summed E-state index contributed by atoms with van der Waals surface area (Å²) in [4.78, 5) is 35.9. The van der Waals surface area contributed by atoms with Crippen LogP contribution in [0.4, 0.5) is 21.5 Å². The molecule has 1 unspecified atom stereocenters. The molecule has 0 heterocycles. The van der Waals surface area contributed by atoms with Gasteiger partial charge in [-0.05, 0) is 40.2 Å². The van der Waals surface area contributed by atoms with Gasteiger partial charge in [0, 0.05) is 27.9 Å². The van der Waals surface area contributed by atoms with Gasteiger partial charge in [0.2, 0.25) is 6.10 Å². The lowest BCUT2D eigenvalue weighted by Crippen LogP contribution is -2.26. The van der Waals surface area contributed by atoms with Crippen LogP contribution in [0.3, 0.4) is 0 Å². The Labute approximate surface area is 184 Å². The Balaban J connectivity index is 1.88. The number of non-ortho nitro benzene ring substituents is 1. The molecule has 1 amide bonds. The van der Waals surface area contributed by atoms with Crippen molar-refractivity contribution in [3.05, 3.63) is 98.3 Å². The Bertz CT molecular complexity index is 1160. The Morgan fingerprint density at radius 2 is 1.81 bits per heavy atom. The fraction of sp³-hybridized carbons (Fsp3) is 0.0476. The van der Waals surface area contributed by atoms with E-state index in [0.29, 0.717) is 5.56 Å². The number of anilines is 2. The number of ether oxygens (including phenoxy) is 1. The van der Waals surface area contributed by atoms with Crippen molar-refractivity contribution < 1.29 is 23.6 Å². The van der Waals surface area contributed by atoms with Crippen molar-refractivity contribution in [1.82, 2.24) is 0 Å². The number of nitrogens with two attached hydrogens (primary N) is 1. The fourth-order valence-electron chi connectivity index (χ4n) is 2.71. The number of nitrogens with one attached hydrogen (secondary N) is 1. The number of hydrogen-bond acceptors (Lipinski definition) is 6. The summed E-state index contributed by atoms with van der Waals surface area (Å²) in [5.74, 6) is -2.23. The van der Waals surface area contributed by atoms with Gasteiger partial charge in [0.15, 0.2) is 0 Å². The van der Waals surface area contributed by atoms with Crippen LogP contribution in [0.15, 0.2) is 71.2 Å². The summed E-state index contributed by atoms with van der Waals surface area (Å²) in [6, 6.07) is 15.2. The molecule has 3 N–H and O–H groups in total. The van der Waals surface area contributed by atoms with Crippen molar-refractivity contribution in [3.8, 4) is 0 Å². The quantitative estimate of drug-likeness (QED) is 0.226. The van der Waals surface area contributed by atoms with E-state index < -0.39 is 28.7 Å². The number of amides is 1. The van der Waals surface area contributed by atoms with Crippen molar-refractivity contribution in [1.29, 1.82) is 0 Å². The maximum atomic E-state index is 13.3. The zero-order valence-electron chi connectivity index (χ0n) is 15.7. The van der Waals surface area contributed by atoms with Crippen molar-refractivity contribution in [2.45, 2.75) is 6.10 Å². The standard InChI is InChI=1S/C21H15BrFN3O5/c22-16-11-14(26(29)30)7-9-18(16)25-20(27)19(12-4-2-1-3-5-12)31-21(28)15-8-6-13(23)10-17(15)24/h1-11,19H,24H2,(H,25,27). The third-order valence-corrected chi connectivity index (χ3v) is 4.88. The molecule has 0 spiro atoms. The highest BCUT2D eigenvalue weighted by molar-refractivity contribution is 9.10. The highest BCUT2D eigenvalue weighted by Crippen LogP contribution is 2.29. The van der Waals surface area contributed by atoms with Gasteiger partial charge in [-0.3, -0.25) is 14.9 Å². The first-order valence-electron chi connectivity index (χ1n) is 8.82. The number of nitrogen functional groups attached to an aromatic ring is 1. The maximum absolute atomic E-state index is 13.3. The molecule has 1 atom stereocenters. The molecule has 0 aliphatic rings. The molecule has 10 heteroatoms. The van der Waals surface area contributed by atoms with E-state index in [-0.39, 0.29) is 27.1 Å². The molecule has 3 aromatic carbocycles. The predicted molar refractivity (Wildman–Crippen MR) is 115 cm³/mol. The van der Waals surface area contributed by atoms with Gasteiger partial charge in [0.25, 0.3) is 11.6 Å². The second kappa shape index (κ2) is 9.35. The second-order valence-corrected chi connectivity index (χ2v) is 7.19. The van der Waals surface area contributed by atoms with Crippen LogP contribution in [0.1, 0.15) is 22.0 Å². The van der Waals surface area contributed by atoms with Crippen LogP contribution in [0.25, 0.3) is 0 Å². The van der Waals surface area contributed by atoms with Crippen molar-refractivity contribution in [2.24, 2.45) is 0 Å². The van der Waals surface area contributed by atoms with E-state index in [1.165, 1.54) is 24.3 Å². The summed E-state index contributed by atoms with van der Waals surface area (Å²) >= 11 is 3.17. The Kier molecular flexibility index (Phi) is 6.61. The zero-order chi connectivity index (χ0) is 22.5. The SMILES string of the molecule is Nc1cc(F)ccc1C(=O)OC(C(=O)Nc1ccc([N+](=O)[O-])cc1Br)c1ccccc1. The summed E-state index contributed by atoms with van der Waals surface area (Å²) in [5.41, 5.74) is 5.93. The van der Waals surface area contributed by atoms with Crippen LogP contribution in [-0.4, -0.2) is 16.8 Å². The molecule has 0 aromatic heterocycles. The Hall–Kier alpha value is -3.79. The largest absolute Gasteiger partial charge is 0.444 e. The average Bonchev–Trinajstić information content (AvgIpc) is 2.73. The summed E-state index contributed by atoms with van der Waals surface area (Å²) < 4.78 is 19.0. The van der Waals surface area contributed by atoms with E-state index >= 15 is 0 Å². The molecule has 0 aliphatic carbocycles. The van der Waals surface area contributed by atoms with Crippen LogP contribution in [0.5, 0.6) is 0 Å². The third-order valence-electron chi connectivity index (χ3n) is 4.22. The number of rotatable bonds is 6. The van der Waals surface area contributed by atoms with E-state index in [1.807, 2.05) is 0 Å². The molecule has 0 saturated carbocycles. The molecule has 0 bridgehead atoms. The summed E-state index contributed by atoms with van der Waals surface area (Å²) in [5, 5.41) is 13.5. The molecule has 0 fully saturated rings. The molecule has 8 nitrogen and oxygen atoms in total. The summed E-state index contributed by atoms with van der Waals surface area (Å²) in [6.45, 7) is 0. The lowest BCUT2D eigenvalue weighted by atomic mass is 10.1. The number of hydrogen-bond donors (Lipinski definition) is 2. The van der Waals surface area contributed by atoms with Gasteiger partial charge in [-0.25, -0.2) is 9.18 Å². The van der Waals surface area contributed by atoms with E-state index in [2.05, 4.69) is 21.2 Å². The molecule has 3 aromatic rings. The van der Waals surface area contributed by atoms with E-state index in [9.17, 15) is 24.1 Å². The fourth-order valence-corrected chi connectivity index (χ4v) is 3.17. The third kappa shape index (κ3) is 5.23. The van der Waals surface area contributed by atoms with Crippen LogP contribution in [0, 0.1) is 15.9 Å².